The van der Waals surface area contributed by atoms with Gasteiger partial charge in [0.05, 0.1) is 19.8 Å². The van der Waals surface area contributed by atoms with Crippen molar-refractivity contribution in [2.45, 2.75) is 33.6 Å². The number of ether oxygens (including phenoxy) is 1. The van der Waals surface area contributed by atoms with E-state index in [1.54, 1.807) is 12.0 Å². The van der Waals surface area contributed by atoms with Crippen LogP contribution in [0.15, 0.2) is 6.07 Å². The molecule has 2 rings (SSSR count). The highest BCUT2D eigenvalue weighted by atomic mass is 32.2. The molecular weight excluding hydrogens is 340 g/mol. The molecule has 0 unspecified atom stereocenters. The zero-order valence-corrected chi connectivity index (χ0v) is 16.6. The normalized spacial score (nSPS) is 16.6. The molecule has 25 heavy (non-hydrogen) atoms. The third kappa shape index (κ3) is 4.52. The molecule has 1 amide bonds. The molecule has 0 N–H and O–H groups in total. The summed E-state index contributed by atoms with van der Waals surface area (Å²) < 4.78 is 30.3. The van der Waals surface area contributed by atoms with Crippen LogP contribution in [-0.2, 0) is 21.2 Å². The number of sulfonamides is 1. The fourth-order valence-corrected chi connectivity index (χ4v) is 4.26. The number of benzene rings is 1. The van der Waals surface area contributed by atoms with Gasteiger partial charge in [0.25, 0.3) is 0 Å². The van der Waals surface area contributed by atoms with Gasteiger partial charge in [0.2, 0.25) is 15.9 Å². The predicted molar refractivity (Wildman–Crippen MR) is 98.5 cm³/mol. The van der Waals surface area contributed by atoms with Crippen LogP contribution in [0.5, 0.6) is 5.75 Å². The summed E-state index contributed by atoms with van der Waals surface area (Å²) in [5.41, 5.74) is 4.16. The maximum absolute atomic E-state index is 12.7. The molecule has 0 spiro atoms. The number of carbonyl (C=O) groups excluding carboxylic acids is 1. The minimum Gasteiger partial charge on any atom is -0.496 e. The molecule has 1 aromatic rings. The van der Waals surface area contributed by atoms with Gasteiger partial charge in [-0.25, -0.2) is 12.7 Å². The lowest BCUT2D eigenvalue weighted by atomic mass is 9.96. The van der Waals surface area contributed by atoms with E-state index in [1.165, 1.54) is 10.6 Å². The van der Waals surface area contributed by atoms with Gasteiger partial charge in [-0.1, -0.05) is 6.07 Å². The number of methoxy groups -OCH3 is 1. The summed E-state index contributed by atoms with van der Waals surface area (Å²) in [4.78, 5) is 14.5. The van der Waals surface area contributed by atoms with E-state index < -0.39 is 10.0 Å². The first-order valence-electron chi connectivity index (χ1n) is 8.51. The molecule has 6 nitrogen and oxygen atoms in total. The average Bonchev–Trinajstić information content (AvgIpc) is 2.78. The zero-order chi connectivity index (χ0) is 18.8. The minimum absolute atomic E-state index is 0.0439. The van der Waals surface area contributed by atoms with E-state index in [4.69, 9.17) is 4.74 Å². The van der Waals surface area contributed by atoms with E-state index in [0.29, 0.717) is 39.0 Å². The van der Waals surface area contributed by atoms with E-state index in [9.17, 15) is 13.2 Å². The number of hydrogen-bond donors (Lipinski definition) is 0. The average molecular weight is 368 g/mol. The molecule has 0 bridgehead atoms. The van der Waals surface area contributed by atoms with Crippen LogP contribution in [0.2, 0.25) is 0 Å². The third-order valence-corrected chi connectivity index (χ3v) is 6.26. The van der Waals surface area contributed by atoms with Crippen LogP contribution >= 0.6 is 0 Å². The van der Waals surface area contributed by atoms with E-state index >= 15 is 0 Å². The van der Waals surface area contributed by atoms with Crippen LogP contribution in [0.3, 0.4) is 0 Å². The first kappa shape index (κ1) is 19.7. The van der Waals surface area contributed by atoms with Gasteiger partial charge >= 0.3 is 0 Å². The summed E-state index contributed by atoms with van der Waals surface area (Å²) in [6.07, 6.45) is 2.21. The van der Waals surface area contributed by atoms with Crippen molar-refractivity contribution >= 4 is 15.9 Å². The van der Waals surface area contributed by atoms with Crippen molar-refractivity contribution in [3.63, 3.8) is 0 Å². The number of nitrogens with zero attached hydrogens (tertiary/aromatic N) is 2. The Hall–Kier alpha value is -1.60. The molecule has 1 fully saturated rings. The van der Waals surface area contributed by atoms with Crippen molar-refractivity contribution in [3.05, 3.63) is 28.3 Å². The van der Waals surface area contributed by atoms with E-state index in [2.05, 4.69) is 0 Å². The summed E-state index contributed by atoms with van der Waals surface area (Å²) in [7, 11) is -1.54. The molecule has 1 aromatic carbocycles. The largest absolute Gasteiger partial charge is 0.496 e. The summed E-state index contributed by atoms with van der Waals surface area (Å²) in [6, 6.07) is 2.01. The first-order valence-corrected chi connectivity index (χ1v) is 10.4. The number of amides is 1. The van der Waals surface area contributed by atoms with Crippen LogP contribution < -0.4 is 4.74 Å². The molecule has 7 heteroatoms. The monoisotopic (exact) mass is 368 g/mol. The molecule has 0 aliphatic carbocycles. The number of aryl methyl sites for hydroxylation is 1. The lowest BCUT2D eigenvalue weighted by Crippen LogP contribution is -2.37. The van der Waals surface area contributed by atoms with Gasteiger partial charge < -0.3 is 9.64 Å². The molecule has 0 radical (unpaired) electrons. The van der Waals surface area contributed by atoms with Crippen LogP contribution in [0.4, 0.5) is 0 Å². The standard InChI is InChI=1S/C18H28N2O4S/c1-13-11-16(14(2)15(3)18(13)24-4)12-17(21)19-7-6-8-20(10-9-19)25(5,22)23/h11H,6-10,12H2,1-5H3. The van der Waals surface area contributed by atoms with Crippen molar-refractivity contribution in [2.24, 2.45) is 0 Å². The predicted octanol–water partition coefficient (Wildman–Crippen LogP) is 1.66. The van der Waals surface area contributed by atoms with E-state index in [-0.39, 0.29) is 5.91 Å². The molecule has 1 saturated heterocycles. The van der Waals surface area contributed by atoms with Gasteiger partial charge in [0.1, 0.15) is 5.75 Å². The fraction of sp³-hybridized carbons (Fsp3) is 0.611. The Morgan fingerprint density at radius 1 is 1.12 bits per heavy atom. The molecule has 0 aromatic heterocycles. The molecule has 1 aliphatic heterocycles. The Bertz CT molecular complexity index is 759. The van der Waals surface area contributed by atoms with Crippen LogP contribution in [0, 0.1) is 20.8 Å². The number of hydrogen-bond acceptors (Lipinski definition) is 4. The fourth-order valence-electron chi connectivity index (χ4n) is 3.39. The Balaban J connectivity index is 2.13. The highest BCUT2D eigenvalue weighted by Gasteiger charge is 2.24. The van der Waals surface area contributed by atoms with Crippen LogP contribution in [-0.4, -0.2) is 63.1 Å². The second-order valence-electron chi connectivity index (χ2n) is 6.71. The van der Waals surface area contributed by atoms with Gasteiger partial charge in [-0.05, 0) is 49.4 Å². The summed E-state index contributed by atoms with van der Waals surface area (Å²) >= 11 is 0. The van der Waals surface area contributed by atoms with Gasteiger partial charge in [-0.3, -0.25) is 4.79 Å². The zero-order valence-electron chi connectivity index (χ0n) is 15.8. The lowest BCUT2D eigenvalue weighted by molar-refractivity contribution is -0.130. The topological polar surface area (TPSA) is 66.9 Å². The molecule has 1 aliphatic rings. The van der Waals surface area contributed by atoms with Crippen molar-refractivity contribution in [1.82, 2.24) is 9.21 Å². The van der Waals surface area contributed by atoms with Crippen LogP contribution in [0.1, 0.15) is 28.7 Å². The van der Waals surface area contributed by atoms with E-state index in [0.717, 1.165) is 28.0 Å². The maximum Gasteiger partial charge on any atom is 0.227 e. The van der Waals surface area contributed by atoms with Gasteiger partial charge in [-0.15, -0.1) is 0 Å². The lowest BCUT2D eigenvalue weighted by Gasteiger charge is -2.22. The number of rotatable bonds is 4. The van der Waals surface area contributed by atoms with Crippen LogP contribution in [0.25, 0.3) is 0 Å². The Labute approximate surface area is 150 Å². The highest BCUT2D eigenvalue weighted by molar-refractivity contribution is 7.88. The maximum atomic E-state index is 12.7. The van der Waals surface area contributed by atoms with Crippen molar-refractivity contribution in [1.29, 1.82) is 0 Å². The van der Waals surface area contributed by atoms with Crippen molar-refractivity contribution < 1.29 is 17.9 Å². The quantitative estimate of drug-likeness (QED) is 0.811. The van der Waals surface area contributed by atoms with Gasteiger partial charge in [0.15, 0.2) is 0 Å². The first-order chi connectivity index (χ1) is 11.6. The SMILES string of the molecule is COc1c(C)cc(CC(=O)N2CCCN(S(C)(=O)=O)CC2)c(C)c1C. The van der Waals surface area contributed by atoms with Crippen molar-refractivity contribution in [2.75, 3.05) is 39.5 Å². The van der Waals surface area contributed by atoms with Gasteiger partial charge in [0, 0.05) is 26.2 Å². The smallest absolute Gasteiger partial charge is 0.227 e. The van der Waals surface area contributed by atoms with Gasteiger partial charge in [-0.2, -0.15) is 0 Å². The summed E-state index contributed by atoms with van der Waals surface area (Å²) in [5, 5.41) is 0. The Morgan fingerprint density at radius 3 is 2.40 bits per heavy atom. The highest BCUT2D eigenvalue weighted by Crippen LogP contribution is 2.29. The molecule has 0 saturated carbocycles. The second-order valence-corrected chi connectivity index (χ2v) is 8.69. The summed E-state index contributed by atoms with van der Waals surface area (Å²) in [6.45, 7) is 7.87. The molecular formula is C18H28N2O4S. The Morgan fingerprint density at radius 2 is 1.80 bits per heavy atom. The molecule has 140 valence electrons. The van der Waals surface area contributed by atoms with E-state index in [1.807, 2.05) is 26.8 Å². The summed E-state index contributed by atoms with van der Waals surface area (Å²) in [5.74, 6) is 0.912. The molecule has 0 atom stereocenters. The third-order valence-electron chi connectivity index (χ3n) is 4.96. The minimum atomic E-state index is -3.20. The second kappa shape index (κ2) is 7.74. The number of carbonyl (C=O) groups is 1. The molecule has 1 heterocycles. The Kier molecular flexibility index (Phi) is 6.11. The van der Waals surface area contributed by atoms with Crippen molar-refractivity contribution in [3.8, 4) is 5.75 Å².